The number of carbonyl (C=O) groups is 2. The Morgan fingerprint density at radius 3 is 2.46 bits per heavy atom. The number of aromatic hydroxyl groups is 1. The number of aliphatic hydroxyl groups is 1. The zero-order chi connectivity index (χ0) is 20.8. The minimum absolute atomic E-state index is 0.0133. The van der Waals surface area contributed by atoms with Gasteiger partial charge in [0.2, 0.25) is 0 Å². The van der Waals surface area contributed by atoms with E-state index in [0.717, 1.165) is 26.1 Å². The largest absolute Gasteiger partial charge is 0.504 e. The molecule has 0 spiro atoms. The average molecular weight is 390 g/mol. The van der Waals surface area contributed by atoms with Gasteiger partial charge in [0.05, 0.1) is 18.2 Å². The molecule has 0 saturated carbocycles. The van der Waals surface area contributed by atoms with Crippen LogP contribution in [0.25, 0.3) is 0 Å². The number of benzene rings is 1. The Morgan fingerprint density at radius 1 is 1.21 bits per heavy atom. The molecule has 0 saturated heterocycles. The molecule has 7 nitrogen and oxygen atoms in total. The number of amides is 1. The fourth-order valence-corrected chi connectivity index (χ4v) is 3.57. The van der Waals surface area contributed by atoms with Crippen molar-refractivity contribution >= 4 is 11.7 Å². The van der Waals surface area contributed by atoms with Gasteiger partial charge >= 0.3 is 0 Å². The van der Waals surface area contributed by atoms with Crippen molar-refractivity contribution in [3.63, 3.8) is 0 Å². The number of ether oxygens (including phenoxy) is 1. The predicted octanol–water partition coefficient (Wildman–Crippen LogP) is 2.81. The summed E-state index contributed by atoms with van der Waals surface area (Å²) in [6.07, 6.45) is 0.721. The monoisotopic (exact) mass is 390 g/mol. The highest BCUT2D eigenvalue weighted by molar-refractivity contribution is 6.08. The summed E-state index contributed by atoms with van der Waals surface area (Å²) in [7, 11) is 0. The van der Waals surface area contributed by atoms with Crippen LogP contribution in [0.15, 0.2) is 29.5 Å². The summed E-state index contributed by atoms with van der Waals surface area (Å²) in [6.45, 7) is 10.8. The van der Waals surface area contributed by atoms with Gasteiger partial charge in [0.15, 0.2) is 23.0 Å². The van der Waals surface area contributed by atoms with Crippen LogP contribution in [0.1, 0.15) is 45.7 Å². The van der Waals surface area contributed by atoms with Crippen molar-refractivity contribution in [2.75, 3.05) is 32.8 Å². The van der Waals surface area contributed by atoms with Crippen LogP contribution in [0.3, 0.4) is 0 Å². The molecule has 1 aromatic carbocycles. The van der Waals surface area contributed by atoms with Crippen LogP contribution in [0.2, 0.25) is 0 Å². The maximum absolute atomic E-state index is 12.7. The summed E-state index contributed by atoms with van der Waals surface area (Å²) in [6, 6.07) is 4.05. The number of rotatable bonds is 10. The molecule has 0 unspecified atom stereocenters. The van der Waals surface area contributed by atoms with E-state index < -0.39 is 17.7 Å². The molecule has 7 heteroatoms. The molecule has 1 atom stereocenters. The maximum atomic E-state index is 12.7. The van der Waals surface area contributed by atoms with Gasteiger partial charge in [-0.3, -0.25) is 9.59 Å². The topological polar surface area (TPSA) is 90.3 Å². The smallest absolute Gasteiger partial charge is 0.290 e. The minimum atomic E-state index is -0.693. The van der Waals surface area contributed by atoms with Gasteiger partial charge in [0.25, 0.3) is 5.91 Å². The molecule has 28 heavy (non-hydrogen) atoms. The lowest BCUT2D eigenvalue weighted by Crippen LogP contribution is -2.34. The van der Waals surface area contributed by atoms with Crippen molar-refractivity contribution in [1.29, 1.82) is 0 Å². The summed E-state index contributed by atoms with van der Waals surface area (Å²) in [5, 5.41) is 20.3. The van der Waals surface area contributed by atoms with E-state index in [4.69, 9.17) is 4.74 Å². The molecule has 1 aromatic rings. The molecule has 0 radical (unpaired) electrons. The quantitative estimate of drug-likeness (QED) is 0.638. The highest BCUT2D eigenvalue weighted by Crippen LogP contribution is 2.40. The van der Waals surface area contributed by atoms with Crippen LogP contribution in [0.4, 0.5) is 0 Å². The lowest BCUT2D eigenvalue weighted by Gasteiger charge is -2.28. The Morgan fingerprint density at radius 2 is 1.89 bits per heavy atom. The number of hydrogen-bond donors (Lipinski definition) is 2. The first-order valence-corrected chi connectivity index (χ1v) is 9.78. The minimum Gasteiger partial charge on any atom is -0.504 e. The van der Waals surface area contributed by atoms with Gasteiger partial charge in [0, 0.05) is 6.54 Å². The molecule has 1 amide bonds. The molecule has 1 heterocycles. The van der Waals surface area contributed by atoms with Crippen molar-refractivity contribution in [3.8, 4) is 11.5 Å². The number of phenolic OH excluding ortho intramolecular Hbond substituents is 1. The Kier molecular flexibility index (Phi) is 7.45. The van der Waals surface area contributed by atoms with Gasteiger partial charge in [-0.2, -0.15) is 0 Å². The molecule has 154 valence electrons. The van der Waals surface area contributed by atoms with E-state index in [0.29, 0.717) is 18.7 Å². The molecular formula is C21H30N2O5. The second-order valence-corrected chi connectivity index (χ2v) is 6.76. The fraction of sp³-hybridized carbons (Fsp3) is 0.524. The zero-order valence-electron chi connectivity index (χ0n) is 17.1. The molecule has 2 N–H and O–H groups in total. The summed E-state index contributed by atoms with van der Waals surface area (Å²) in [4.78, 5) is 28.6. The highest BCUT2D eigenvalue weighted by Gasteiger charge is 2.42. The number of phenols is 1. The van der Waals surface area contributed by atoms with Crippen molar-refractivity contribution < 1.29 is 24.5 Å². The van der Waals surface area contributed by atoms with Crippen LogP contribution in [0, 0.1) is 0 Å². The lowest BCUT2D eigenvalue weighted by atomic mass is 9.96. The summed E-state index contributed by atoms with van der Waals surface area (Å²) < 4.78 is 5.44. The number of nitrogens with zero attached hydrogens (tertiary/aromatic N) is 2. The molecule has 1 aliphatic rings. The first-order valence-electron chi connectivity index (χ1n) is 9.78. The number of Topliss-reactive ketones (excluding diaryl/α,β-unsaturated/α-hetero) is 1. The maximum Gasteiger partial charge on any atom is 0.290 e. The van der Waals surface area contributed by atoms with Crippen LogP contribution >= 0.6 is 0 Å². The summed E-state index contributed by atoms with van der Waals surface area (Å²) >= 11 is 0. The van der Waals surface area contributed by atoms with Crippen molar-refractivity contribution in [2.45, 2.75) is 40.2 Å². The van der Waals surface area contributed by atoms with Crippen LogP contribution in [-0.2, 0) is 9.59 Å². The standard InChI is InChI=1S/C21H30N2O5/c1-5-22(6-2)11-8-12-23-19(18(14(4)24)20(26)21(23)27)15-9-10-16(25)17(13-15)28-7-3/h9-10,13,19,25-26H,5-8,11-12H2,1-4H3/t19-/m0/s1. The van der Waals surface area contributed by atoms with E-state index in [2.05, 4.69) is 18.7 Å². The van der Waals surface area contributed by atoms with E-state index in [1.54, 1.807) is 19.1 Å². The molecule has 0 bridgehead atoms. The average Bonchev–Trinajstić information content (AvgIpc) is 2.92. The number of hydrogen-bond acceptors (Lipinski definition) is 6. The normalized spacial score (nSPS) is 17.0. The number of aliphatic hydroxyl groups excluding tert-OH is 1. The first-order chi connectivity index (χ1) is 13.3. The van der Waals surface area contributed by atoms with E-state index in [-0.39, 0.29) is 22.9 Å². The number of ketones is 1. The molecule has 1 aliphatic heterocycles. The van der Waals surface area contributed by atoms with E-state index in [1.807, 2.05) is 0 Å². The van der Waals surface area contributed by atoms with Gasteiger partial charge < -0.3 is 24.7 Å². The molecule has 0 aromatic heterocycles. The lowest BCUT2D eigenvalue weighted by molar-refractivity contribution is -0.129. The first kappa shape index (κ1) is 21.8. The van der Waals surface area contributed by atoms with Crippen molar-refractivity contribution in [2.24, 2.45) is 0 Å². The molecule has 2 rings (SSSR count). The second-order valence-electron chi connectivity index (χ2n) is 6.76. The van der Waals surface area contributed by atoms with E-state index in [1.165, 1.54) is 17.9 Å². The summed E-state index contributed by atoms with van der Waals surface area (Å²) in [5.74, 6) is -1.12. The highest BCUT2D eigenvalue weighted by atomic mass is 16.5. The molecular weight excluding hydrogens is 360 g/mol. The Hall–Kier alpha value is -2.54. The third-order valence-electron chi connectivity index (χ3n) is 5.05. The summed E-state index contributed by atoms with van der Waals surface area (Å²) in [5.41, 5.74) is 0.702. The Labute approximate surface area is 166 Å². The van der Waals surface area contributed by atoms with Crippen LogP contribution < -0.4 is 4.74 Å². The zero-order valence-corrected chi connectivity index (χ0v) is 17.1. The third kappa shape index (κ3) is 4.47. The van der Waals surface area contributed by atoms with Crippen molar-refractivity contribution in [3.05, 3.63) is 35.1 Å². The molecule has 0 fully saturated rings. The van der Waals surface area contributed by atoms with Gasteiger partial charge in [-0.05, 0) is 57.6 Å². The van der Waals surface area contributed by atoms with Gasteiger partial charge in [0.1, 0.15) is 0 Å². The van der Waals surface area contributed by atoms with Gasteiger partial charge in [-0.1, -0.05) is 19.9 Å². The van der Waals surface area contributed by atoms with Gasteiger partial charge in [-0.25, -0.2) is 0 Å². The predicted molar refractivity (Wildman–Crippen MR) is 106 cm³/mol. The van der Waals surface area contributed by atoms with E-state index >= 15 is 0 Å². The SMILES string of the molecule is CCOc1cc([C@H]2C(C(C)=O)=C(O)C(=O)N2CCCN(CC)CC)ccc1O. The van der Waals surface area contributed by atoms with E-state index in [9.17, 15) is 19.8 Å². The second kappa shape index (κ2) is 9.59. The van der Waals surface area contributed by atoms with Crippen LogP contribution in [0.5, 0.6) is 11.5 Å². The Balaban J connectivity index is 2.35. The van der Waals surface area contributed by atoms with Crippen LogP contribution in [-0.4, -0.2) is 64.5 Å². The molecule has 0 aliphatic carbocycles. The Bertz CT molecular complexity index is 755. The third-order valence-corrected chi connectivity index (χ3v) is 5.05. The van der Waals surface area contributed by atoms with Crippen molar-refractivity contribution in [1.82, 2.24) is 9.80 Å². The number of carbonyl (C=O) groups excluding carboxylic acids is 2. The fourth-order valence-electron chi connectivity index (χ4n) is 3.57. The van der Waals surface area contributed by atoms with Gasteiger partial charge in [-0.15, -0.1) is 0 Å².